The third-order valence-corrected chi connectivity index (χ3v) is 3.20. The van der Waals surface area contributed by atoms with E-state index < -0.39 is 18.4 Å². The summed E-state index contributed by atoms with van der Waals surface area (Å²) in [6, 6.07) is 11.5. The minimum absolute atomic E-state index is 0.00826. The molecule has 0 radical (unpaired) electrons. The first-order valence-electron chi connectivity index (χ1n) is 6.65. The van der Waals surface area contributed by atoms with Crippen molar-refractivity contribution in [2.24, 2.45) is 0 Å². The quantitative estimate of drug-likeness (QED) is 0.630. The molecule has 0 saturated carbocycles. The largest absolute Gasteiger partial charge is 0.508 e. The van der Waals surface area contributed by atoms with Gasteiger partial charge in [-0.15, -0.1) is 0 Å². The highest BCUT2D eigenvalue weighted by Gasteiger charge is 2.20. The Hall–Kier alpha value is -3.28. The van der Waals surface area contributed by atoms with Gasteiger partial charge in [0.1, 0.15) is 11.5 Å². The summed E-state index contributed by atoms with van der Waals surface area (Å²) in [5, 5.41) is 37.1. The Morgan fingerprint density at radius 3 is 1.43 bits per heavy atom. The monoisotopic (exact) mass is 314 g/mol. The van der Waals surface area contributed by atoms with Crippen LogP contribution in [0.2, 0.25) is 0 Å². The maximum Gasteiger partial charge on any atom is 0.332 e. The molecule has 0 aliphatic carbocycles. The molecule has 23 heavy (non-hydrogen) atoms. The van der Waals surface area contributed by atoms with Gasteiger partial charge in [0.05, 0.1) is 12.0 Å². The number of carboxylic acid groups (broad SMARTS) is 2. The van der Waals surface area contributed by atoms with Crippen LogP contribution in [0.5, 0.6) is 11.5 Å². The van der Waals surface area contributed by atoms with E-state index in [0.29, 0.717) is 11.1 Å². The van der Waals surface area contributed by atoms with Gasteiger partial charge in [0.25, 0.3) is 0 Å². The first-order chi connectivity index (χ1) is 10.9. The van der Waals surface area contributed by atoms with Gasteiger partial charge >= 0.3 is 11.9 Å². The number of hydrogen-bond acceptors (Lipinski definition) is 4. The van der Waals surface area contributed by atoms with Crippen LogP contribution in [0, 0.1) is 0 Å². The maximum absolute atomic E-state index is 11.5. The van der Waals surface area contributed by atoms with Crippen molar-refractivity contribution in [3.8, 4) is 11.5 Å². The van der Waals surface area contributed by atoms with Crippen LogP contribution in [0.1, 0.15) is 17.5 Å². The van der Waals surface area contributed by atoms with Crippen molar-refractivity contribution in [1.29, 1.82) is 0 Å². The number of phenols is 2. The van der Waals surface area contributed by atoms with Crippen LogP contribution in [-0.4, -0.2) is 32.4 Å². The molecule has 0 unspecified atom stereocenters. The molecule has 6 heteroatoms. The molecule has 0 spiro atoms. The molecule has 0 aromatic heterocycles. The van der Waals surface area contributed by atoms with E-state index in [-0.39, 0.29) is 22.6 Å². The lowest BCUT2D eigenvalue weighted by Crippen LogP contribution is -2.10. The van der Waals surface area contributed by atoms with Crippen molar-refractivity contribution in [3.05, 3.63) is 65.2 Å². The number of hydrogen-bond donors (Lipinski definition) is 4. The minimum Gasteiger partial charge on any atom is -0.508 e. The topological polar surface area (TPSA) is 115 Å². The van der Waals surface area contributed by atoms with E-state index in [1.165, 1.54) is 48.5 Å². The van der Waals surface area contributed by atoms with Crippen molar-refractivity contribution in [2.75, 3.05) is 0 Å². The molecule has 0 amide bonds. The van der Waals surface area contributed by atoms with Crippen LogP contribution in [0.25, 0.3) is 5.57 Å². The van der Waals surface area contributed by atoms with Crippen LogP contribution in [-0.2, 0) is 9.59 Å². The van der Waals surface area contributed by atoms with Crippen molar-refractivity contribution in [1.82, 2.24) is 0 Å². The predicted octanol–water partition coefficient (Wildman–Crippen LogP) is 2.46. The zero-order chi connectivity index (χ0) is 17.0. The van der Waals surface area contributed by atoms with E-state index in [1.807, 2.05) is 0 Å². The van der Waals surface area contributed by atoms with Crippen LogP contribution in [0.15, 0.2) is 54.1 Å². The van der Waals surface area contributed by atoms with E-state index >= 15 is 0 Å². The molecule has 0 fully saturated rings. The highest BCUT2D eigenvalue weighted by Crippen LogP contribution is 2.30. The smallest absolute Gasteiger partial charge is 0.332 e. The number of aliphatic carboxylic acids is 2. The molecule has 0 aliphatic rings. The van der Waals surface area contributed by atoms with Gasteiger partial charge in [-0.2, -0.15) is 0 Å². The van der Waals surface area contributed by atoms with Crippen LogP contribution in [0.3, 0.4) is 0 Å². The molecule has 6 nitrogen and oxygen atoms in total. The second-order valence-corrected chi connectivity index (χ2v) is 4.82. The molecule has 118 valence electrons. The molecular formula is C17H14O6. The number of benzene rings is 2. The molecule has 0 saturated heterocycles. The lowest BCUT2D eigenvalue weighted by Gasteiger charge is -2.13. The Kier molecular flexibility index (Phi) is 4.66. The summed E-state index contributed by atoms with van der Waals surface area (Å²) < 4.78 is 0. The van der Waals surface area contributed by atoms with Crippen molar-refractivity contribution in [2.45, 2.75) is 6.42 Å². The van der Waals surface area contributed by atoms with Crippen LogP contribution < -0.4 is 0 Å². The lowest BCUT2D eigenvalue weighted by atomic mass is 9.91. The molecule has 0 heterocycles. The Morgan fingerprint density at radius 1 is 0.739 bits per heavy atom. The SMILES string of the molecule is O=C(O)CC(C(=O)O)=C(c1ccc(O)cc1)c1ccc(O)cc1. The fourth-order valence-corrected chi connectivity index (χ4v) is 2.19. The molecule has 0 aliphatic heterocycles. The van der Waals surface area contributed by atoms with E-state index in [9.17, 15) is 24.9 Å². The van der Waals surface area contributed by atoms with E-state index in [2.05, 4.69) is 0 Å². The second-order valence-electron chi connectivity index (χ2n) is 4.82. The van der Waals surface area contributed by atoms with E-state index in [1.54, 1.807) is 0 Å². The maximum atomic E-state index is 11.5. The standard InChI is InChI=1S/C17H14O6/c18-12-5-1-10(2-6-12)16(11-3-7-13(19)8-4-11)14(17(22)23)9-15(20)21/h1-8,18-19H,9H2,(H,20,21)(H,22,23). The average molecular weight is 314 g/mol. The molecule has 2 aromatic carbocycles. The molecule has 2 aromatic rings. The third kappa shape index (κ3) is 3.88. The summed E-state index contributed by atoms with van der Waals surface area (Å²) in [4.78, 5) is 22.5. The predicted molar refractivity (Wildman–Crippen MR) is 82.1 cm³/mol. The second kappa shape index (κ2) is 6.65. The minimum atomic E-state index is -1.34. The van der Waals surface area contributed by atoms with E-state index in [4.69, 9.17) is 5.11 Å². The van der Waals surface area contributed by atoms with Gasteiger partial charge in [0.2, 0.25) is 0 Å². The number of phenolic OH excluding ortho intramolecular Hbond substituents is 2. The molecule has 4 N–H and O–H groups in total. The van der Waals surface area contributed by atoms with Crippen molar-refractivity contribution < 1.29 is 30.0 Å². The number of carboxylic acids is 2. The van der Waals surface area contributed by atoms with Gasteiger partial charge in [0.15, 0.2) is 0 Å². The fourth-order valence-electron chi connectivity index (χ4n) is 2.19. The lowest BCUT2D eigenvalue weighted by molar-refractivity contribution is -0.139. The summed E-state index contributed by atoms with van der Waals surface area (Å²) in [6.07, 6.45) is -0.660. The fraction of sp³-hybridized carbons (Fsp3) is 0.0588. The Balaban J connectivity index is 2.71. The highest BCUT2D eigenvalue weighted by molar-refractivity contribution is 6.04. The summed E-state index contributed by atoms with van der Waals surface area (Å²) in [5.41, 5.74) is 0.841. The van der Waals surface area contributed by atoms with Crippen molar-refractivity contribution >= 4 is 17.5 Å². The third-order valence-electron chi connectivity index (χ3n) is 3.20. The first kappa shape index (κ1) is 16.1. The van der Waals surface area contributed by atoms with Gasteiger partial charge in [-0.05, 0) is 41.0 Å². The summed E-state index contributed by atoms with van der Waals surface area (Å²) in [6.45, 7) is 0. The molecule has 0 bridgehead atoms. The van der Waals surface area contributed by atoms with E-state index in [0.717, 1.165) is 0 Å². The van der Waals surface area contributed by atoms with Crippen LogP contribution in [0.4, 0.5) is 0 Å². The van der Waals surface area contributed by atoms with Crippen LogP contribution >= 0.6 is 0 Å². The summed E-state index contributed by atoms with van der Waals surface area (Å²) in [5.74, 6) is -2.59. The number of rotatable bonds is 5. The Bertz CT molecular complexity index is 709. The number of carbonyl (C=O) groups is 2. The zero-order valence-electron chi connectivity index (χ0n) is 11.9. The normalized spacial score (nSPS) is 10.1. The Labute approximate surface area is 131 Å². The zero-order valence-corrected chi connectivity index (χ0v) is 11.9. The molecule has 0 atom stereocenters. The van der Waals surface area contributed by atoms with Gasteiger partial charge in [-0.1, -0.05) is 24.3 Å². The summed E-state index contributed by atoms with van der Waals surface area (Å²) in [7, 11) is 0. The van der Waals surface area contributed by atoms with Gasteiger partial charge < -0.3 is 20.4 Å². The first-order valence-corrected chi connectivity index (χ1v) is 6.65. The molecule has 2 rings (SSSR count). The molecular weight excluding hydrogens is 300 g/mol. The Morgan fingerprint density at radius 2 is 1.13 bits per heavy atom. The van der Waals surface area contributed by atoms with Gasteiger partial charge in [-0.3, -0.25) is 4.79 Å². The van der Waals surface area contributed by atoms with Gasteiger partial charge in [0, 0.05) is 0 Å². The van der Waals surface area contributed by atoms with Gasteiger partial charge in [-0.25, -0.2) is 4.79 Å². The summed E-state index contributed by atoms with van der Waals surface area (Å²) >= 11 is 0. The van der Waals surface area contributed by atoms with Crippen molar-refractivity contribution in [3.63, 3.8) is 0 Å². The highest BCUT2D eigenvalue weighted by atomic mass is 16.4. The number of aromatic hydroxyl groups is 2. The average Bonchev–Trinajstić information content (AvgIpc) is 2.49.